The van der Waals surface area contributed by atoms with Gasteiger partial charge in [-0.25, -0.2) is 0 Å². The Morgan fingerprint density at radius 1 is 1.60 bits per heavy atom. The maximum atomic E-state index is 4.31. The summed E-state index contributed by atoms with van der Waals surface area (Å²) in [5.74, 6) is 0. The normalized spacial score (nSPS) is 24.0. The van der Waals surface area contributed by atoms with Gasteiger partial charge in [0.15, 0.2) is 0 Å². The fraction of sp³-hybridized carbons (Fsp3) is 0.500. The Labute approximate surface area is 33.4 Å². The molecule has 1 aliphatic heterocycles. The smallest absolute Gasteiger partial charge is 0.189 e. The quantitative estimate of drug-likeness (QED) is 0.239. The van der Waals surface area contributed by atoms with Crippen LogP contribution in [-0.2, 0) is 9.78 Å². The topological polar surface area (TPSA) is 25.1 Å². The largest absolute Gasteiger partial charge is 0.289 e. The van der Waals surface area contributed by atoms with Crippen molar-refractivity contribution in [3.8, 4) is 0 Å². The summed E-state index contributed by atoms with van der Waals surface area (Å²) in [5.41, 5.74) is 0. The number of hydrogen-bond donors (Lipinski definition) is 0. The van der Waals surface area contributed by atoms with Crippen LogP contribution in [0.15, 0.2) is 0 Å². The second kappa shape index (κ2) is 1.08. The van der Waals surface area contributed by atoms with E-state index in [2.05, 4.69) is 9.78 Å². The SMILES string of the molecule is [SiH3]C[C]1OO1. The van der Waals surface area contributed by atoms with Crippen LogP contribution in [0.5, 0.6) is 0 Å². The minimum absolute atomic E-state index is 0.816. The van der Waals surface area contributed by atoms with Crippen LogP contribution < -0.4 is 0 Å². The Kier molecular flexibility index (Phi) is 0.720. The zero-order valence-electron chi connectivity index (χ0n) is 3.02. The minimum atomic E-state index is 0.816. The Hall–Kier alpha value is 0.137. The van der Waals surface area contributed by atoms with Crippen LogP contribution in [0.3, 0.4) is 0 Å². The van der Waals surface area contributed by atoms with Gasteiger partial charge in [-0.15, -0.1) is 0 Å². The summed E-state index contributed by atoms with van der Waals surface area (Å²) in [7, 11) is 1.15. The highest BCUT2D eigenvalue weighted by Crippen LogP contribution is 2.23. The monoisotopic (exact) mass is 89.0 g/mol. The van der Waals surface area contributed by atoms with E-state index in [1.54, 1.807) is 0 Å². The van der Waals surface area contributed by atoms with Crippen molar-refractivity contribution in [3.63, 3.8) is 0 Å². The minimum Gasteiger partial charge on any atom is -0.189 e. The third-order valence-corrected chi connectivity index (χ3v) is 1.07. The van der Waals surface area contributed by atoms with Crippen molar-refractivity contribution in [3.05, 3.63) is 6.29 Å². The van der Waals surface area contributed by atoms with E-state index in [-0.39, 0.29) is 0 Å². The van der Waals surface area contributed by atoms with Gasteiger partial charge in [-0.3, -0.25) is 0 Å². The maximum absolute atomic E-state index is 4.31. The standard InChI is InChI=1S/C2H5O2Si/c5-1-2-3-4-2/h1H2,5H3. The molecule has 0 aromatic carbocycles. The Bertz CT molecular complexity index is 34.6. The lowest BCUT2D eigenvalue weighted by Crippen LogP contribution is -1.64. The first-order chi connectivity index (χ1) is 2.43. The van der Waals surface area contributed by atoms with Gasteiger partial charge in [-0.1, -0.05) is 0 Å². The lowest BCUT2D eigenvalue weighted by molar-refractivity contribution is 0.0850. The van der Waals surface area contributed by atoms with E-state index in [1.807, 2.05) is 0 Å². The fourth-order valence-corrected chi connectivity index (χ4v) is 0.383. The molecule has 0 atom stereocenters. The van der Waals surface area contributed by atoms with Crippen molar-refractivity contribution in [1.82, 2.24) is 0 Å². The highest BCUT2D eigenvalue weighted by molar-refractivity contribution is 6.09. The van der Waals surface area contributed by atoms with Gasteiger partial charge in [0.05, 0.1) is 0 Å². The van der Waals surface area contributed by atoms with E-state index in [0.29, 0.717) is 0 Å². The van der Waals surface area contributed by atoms with Crippen LogP contribution in [0.2, 0.25) is 6.04 Å². The molecule has 0 bridgehead atoms. The third kappa shape index (κ3) is 0.716. The highest BCUT2D eigenvalue weighted by Gasteiger charge is 2.24. The molecule has 0 N–H and O–H groups in total. The predicted molar refractivity (Wildman–Crippen MR) is 20.2 cm³/mol. The molecule has 1 aliphatic rings. The van der Waals surface area contributed by atoms with Crippen molar-refractivity contribution in [2.45, 2.75) is 6.04 Å². The Morgan fingerprint density at radius 3 is 2.20 bits per heavy atom. The maximum Gasteiger partial charge on any atom is 0.289 e. The molecular formula is C2H5O2Si. The van der Waals surface area contributed by atoms with Gasteiger partial charge >= 0.3 is 0 Å². The van der Waals surface area contributed by atoms with E-state index in [9.17, 15) is 0 Å². The fourth-order valence-electron chi connectivity index (χ4n) is 0.147. The van der Waals surface area contributed by atoms with Crippen LogP contribution in [-0.4, -0.2) is 10.2 Å². The van der Waals surface area contributed by atoms with Crippen molar-refractivity contribution >= 4 is 10.2 Å². The molecule has 1 fully saturated rings. The molecule has 3 heteroatoms. The van der Waals surface area contributed by atoms with Gasteiger partial charge < -0.3 is 0 Å². The summed E-state index contributed by atoms with van der Waals surface area (Å²) >= 11 is 0. The summed E-state index contributed by atoms with van der Waals surface area (Å²) in [6.07, 6.45) is 0.816. The van der Waals surface area contributed by atoms with E-state index in [0.717, 1.165) is 22.6 Å². The summed E-state index contributed by atoms with van der Waals surface area (Å²) < 4.78 is 0. The first-order valence-electron chi connectivity index (χ1n) is 1.64. The molecule has 1 rings (SSSR count). The molecule has 0 aromatic heterocycles. The van der Waals surface area contributed by atoms with Gasteiger partial charge in [-0.2, -0.15) is 9.78 Å². The Balaban J connectivity index is 2.00. The first-order valence-corrected chi connectivity index (χ1v) is 3.05. The molecule has 1 saturated heterocycles. The van der Waals surface area contributed by atoms with Gasteiger partial charge in [0, 0.05) is 10.2 Å². The van der Waals surface area contributed by atoms with Crippen molar-refractivity contribution in [2.75, 3.05) is 0 Å². The van der Waals surface area contributed by atoms with Crippen LogP contribution in [0.1, 0.15) is 0 Å². The van der Waals surface area contributed by atoms with Crippen molar-refractivity contribution in [1.29, 1.82) is 0 Å². The van der Waals surface area contributed by atoms with E-state index < -0.39 is 0 Å². The third-order valence-electron chi connectivity index (χ3n) is 0.490. The van der Waals surface area contributed by atoms with E-state index >= 15 is 0 Å². The van der Waals surface area contributed by atoms with Gasteiger partial charge in [-0.05, 0) is 6.04 Å². The summed E-state index contributed by atoms with van der Waals surface area (Å²) in [4.78, 5) is 8.62. The van der Waals surface area contributed by atoms with Crippen molar-refractivity contribution < 1.29 is 9.78 Å². The molecule has 0 spiro atoms. The highest BCUT2D eigenvalue weighted by atomic mass is 28.1. The second-order valence-corrected chi connectivity index (χ2v) is 1.60. The van der Waals surface area contributed by atoms with Crippen LogP contribution in [0.25, 0.3) is 0 Å². The molecule has 1 radical (unpaired) electrons. The molecule has 29 valence electrons. The number of hydrogen-bond acceptors (Lipinski definition) is 2. The molecule has 1 heterocycles. The number of rotatable bonds is 1. The molecule has 0 aliphatic carbocycles. The van der Waals surface area contributed by atoms with Crippen LogP contribution in [0.4, 0.5) is 0 Å². The molecule has 0 amide bonds. The molecule has 2 nitrogen and oxygen atoms in total. The molecule has 5 heavy (non-hydrogen) atoms. The zero-order chi connectivity index (χ0) is 3.70. The van der Waals surface area contributed by atoms with E-state index in [1.165, 1.54) is 0 Å². The molecule has 0 saturated carbocycles. The van der Waals surface area contributed by atoms with Gasteiger partial charge in [0.2, 0.25) is 0 Å². The summed E-state index contributed by atoms with van der Waals surface area (Å²) in [5, 5.41) is 0. The lowest BCUT2D eigenvalue weighted by atomic mass is 10.8. The zero-order valence-corrected chi connectivity index (χ0v) is 5.02. The van der Waals surface area contributed by atoms with Crippen LogP contribution >= 0.6 is 0 Å². The predicted octanol–water partition coefficient (Wildman–Crippen LogP) is -0.779. The molecule has 0 aromatic rings. The average Bonchev–Trinajstić information content (AvgIpc) is 2.12. The summed E-state index contributed by atoms with van der Waals surface area (Å²) in [6.45, 7) is 0. The first kappa shape index (κ1) is 3.33. The second-order valence-electron chi connectivity index (χ2n) is 0.892. The Morgan fingerprint density at radius 2 is 2.20 bits per heavy atom. The average molecular weight is 89.1 g/mol. The summed E-state index contributed by atoms with van der Waals surface area (Å²) in [6, 6.07) is 1.03. The molecule has 0 unspecified atom stereocenters. The van der Waals surface area contributed by atoms with Gasteiger partial charge in [0.25, 0.3) is 6.29 Å². The van der Waals surface area contributed by atoms with E-state index in [4.69, 9.17) is 0 Å². The van der Waals surface area contributed by atoms with Gasteiger partial charge in [0.1, 0.15) is 0 Å². The molecular weight excluding hydrogens is 84.1 g/mol. The lowest BCUT2D eigenvalue weighted by Gasteiger charge is -1.59. The van der Waals surface area contributed by atoms with Crippen LogP contribution in [0, 0.1) is 6.29 Å². The van der Waals surface area contributed by atoms with Crippen molar-refractivity contribution in [2.24, 2.45) is 0 Å².